The maximum atomic E-state index is 11.6. The van der Waals surface area contributed by atoms with Crippen molar-refractivity contribution in [3.8, 4) is 5.75 Å². The SMILES string of the molecule is COc1cc(CCN)c(S(C)(=O)=O)cc1C. The molecule has 0 bridgehead atoms. The number of hydrogen-bond donors (Lipinski definition) is 1. The second-order valence-corrected chi connectivity index (χ2v) is 5.72. The van der Waals surface area contributed by atoms with Gasteiger partial charge in [0.1, 0.15) is 5.75 Å². The highest BCUT2D eigenvalue weighted by Gasteiger charge is 2.15. The van der Waals surface area contributed by atoms with Crippen LogP contribution in [0.2, 0.25) is 0 Å². The molecule has 4 nitrogen and oxygen atoms in total. The van der Waals surface area contributed by atoms with E-state index in [-0.39, 0.29) is 0 Å². The molecule has 2 N–H and O–H groups in total. The molecule has 0 aromatic heterocycles. The molecule has 0 aliphatic heterocycles. The maximum absolute atomic E-state index is 11.6. The summed E-state index contributed by atoms with van der Waals surface area (Å²) in [5, 5.41) is 0. The third kappa shape index (κ3) is 2.74. The molecule has 16 heavy (non-hydrogen) atoms. The van der Waals surface area contributed by atoms with Crippen molar-refractivity contribution in [3.05, 3.63) is 23.3 Å². The van der Waals surface area contributed by atoms with Gasteiger partial charge in [-0.3, -0.25) is 0 Å². The summed E-state index contributed by atoms with van der Waals surface area (Å²) in [6.07, 6.45) is 1.73. The number of sulfone groups is 1. The van der Waals surface area contributed by atoms with Crippen molar-refractivity contribution in [2.24, 2.45) is 5.73 Å². The second kappa shape index (κ2) is 4.84. The number of rotatable bonds is 4. The lowest BCUT2D eigenvalue weighted by atomic mass is 10.1. The molecule has 0 aliphatic rings. The van der Waals surface area contributed by atoms with Crippen molar-refractivity contribution in [2.75, 3.05) is 19.9 Å². The Morgan fingerprint density at radius 2 is 2.00 bits per heavy atom. The van der Waals surface area contributed by atoms with Crippen molar-refractivity contribution in [1.82, 2.24) is 0 Å². The molecule has 0 saturated carbocycles. The van der Waals surface area contributed by atoms with Crippen LogP contribution in [0.5, 0.6) is 5.75 Å². The molecule has 90 valence electrons. The van der Waals surface area contributed by atoms with Gasteiger partial charge in [0.15, 0.2) is 9.84 Å². The third-order valence-electron chi connectivity index (χ3n) is 2.39. The molecular weight excluding hydrogens is 226 g/mol. The molecule has 0 unspecified atom stereocenters. The Morgan fingerprint density at radius 3 is 2.44 bits per heavy atom. The Morgan fingerprint density at radius 1 is 1.38 bits per heavy atom. The molecule has 0 heterocycles. The van der Waals surface area contributed by atoms with E-state index in [1.807, 2.05) is 6.92 Å². The van der Waals surface area contributed by atoms with Crippen LogP contribution in [-0.4, -0.2) is 28.3 Å². The van der Waals surface area contributed by atoms with Crippen molar-refractivity contribution in [3.63, 3.8) is 0 Å². The normalized spacial score (nSPS) is 11.5. The standard InChI is InChI=1S/C11H17NO3S/c1-8-6-11(16(3,13)14)9(4-5-12)7-10(8)15-2/h6-7H,4-5,12H2,1-3H3. The van der Waals surface area contributed by atoms with Crippen LogP contribution in [0.25, 0.3) is 0 Å². The lowest BCUT2D eigenvalue weighted by molar-refractivity contribution is 0.410. The van der Waals surface area contributed by atoms with E-state index in [2.05, 4.69) is 0 Å². The van der Waals surface area contributed by atoms with Gasteiger partial charge in [-0.25, -0.2) is 8.42 Å². The molecular formula is C11H17NO3S. The zero-order valence-corrected chi connectivity index (χ0v) is 10.6. The van der Waals surface area contributed by atoms with Gasteiger partial charge in [0.05, 0.1) is 12.0 Å². The van der Waals surface area contributed by atoms with Crippen LogP contribution >= 0.6 is 0 Å². The maximum Gasteiger partial charge on any atom is 0.175 e. The number of benzene rings is 1. The topological polar surface area (TPSA) is 69.4 Å². The average molecular weight is 243 g/mol. The van der Waals surface area contributed by atoms with Crippen LogP contribution in [0.15, 0.2) is 17.0 Å². The Hall–Kier alpha value is -1.07. The predicted octanol–water partition coefficient (Wildman–Crippen LogP) is 0.908. The Balaban J connectivity index is 3.42. The van der Waals surface area contributed by atoms with E-state index < -0.39 is 9.84 Å². The van der Waals surface area contributed by atoms with Crippen LogP contribution in [0.4, 0.5) is 0 Å². The largest absolute Gasteiger partial charge is 0.496 e. The molecule has 1 aromatic rings. The van der Waals surface area contributed by atoms with Gasteiger partial charge >= 0.3 is 0 Å². The molecule has 0 saturated heterocycles. The quantitative estimate of drug-likeness (QED) is 0.853. The van der Waals surface area contributed by atoms with Gasteiger partial charge in [-0.05, 0) is 43.1 Å². The van der Waals surface area contributed by atoms with E-state index in [4.69, 9.17) is 10.5 Å². The van der Waals surface area contributed by atoms with Crippen LogP contribution in [0, 0.1) is 6.92 Å². The molecule has 1 aromatic carbocycles. The zero-order valence-electron chi connectivity index (χ0n) is 9.78. The monoisotopic (exact) mass is 243 g/mol. The lowest BCUT2D eigenvalue weighted by Crippen LogP contribution is -2.09. The van der Waals surface area contributed by atoms with E-state index in [9.17, 15) is 8.42 Å². The first-order valence-electron chi connectivity index (χ1n) is 4.97. The highest BCUT2D eigenvalue weighted by atomic mass is 32.2. The first-order chi connectivity index (χ1) is 7.40. The average Bonchev–Trinajstić information content (AvgIpc) is 2.19. The minimum Gasteiger partial charge on any atom is -0.496 e. The highest BCUT2D eigenvalue weighted by molar-refractivity contribution is 7.90. The highest BCUT2D eigenvalue weighted by Crippen LogP contribution is 2.26. The number of methoxy groups -OCH3 is 1. The van der Waals surface area contributed by atoms with Gasteiger partial charge in [0, 0.05) is 6.26 Å². The van der Waals surface area contributed by atoms with Gasteiger partial charge in [-0.15, -0.1) is 0 Å². The molecule has 0 radical (unpaired) electrons. The summed E-state index contributed by atoms with van der Waals surface area (Å²) in [4.78, 5) is 0.344. The summed E-state index contributed by atoms with van der Waals surface area (Å²) < 4.78 is 28.4. The fourth-order valence-corrected chi connectivity index (χ4v) is 2.65. The van der Waals surface area contributed by atoms with Gasteiger partial charge in [-0.2, -0.15) is 0 Å². The van der Waals surface area contributed by atoms with Gasteiger partial charge < -0.3 is 10.5 Å². The first kappa shape index (κ1) is 13.0. The van der Waals surface area contributed by atoms with Crippen molar-refractivity contribution >= 4 is 9.84 Å². The smallest absolute Gasteiger partial charge is 0.175 e. The molecule has 0 aliphatic carbocycles. The van der Waals surface area contributed by atoms with Crippen LogP contribution < -0.4 is 10.5 Å². The fourth-order valence-electron chi connectivity index (χ4n) is 1.62. The molecule has 5 heteroatoms. The summed E-state index contributed by atoms with van der Waals surface area (Å²) >= 11 is 0. The molecule has 1 rings (SSSR count). The number of hydrogen-bond acceptors (Lipinski definition) is 4. The van der Waals surface area contributed by atoms with Gasteiger partial charge in [0.25, 0.3) is 0 Å². The van der Waals surface area contributed by atoms with Gasteiger partial charge in [0.2, 0.25) is 0 Å². The summed E-state index contributed by atoms with van der Waals surface area (Å²) in [5.41, 5.74) is 6.99. The van der Waals surface area contributed by atoms with Crippen LogP contribution in [0.1, 0.15) is 11.1 Å². The fraction of sp³-hybridized carbons (Fsp3) is 0.455. The summed E-state index contributed by atoms with van der Waals surface area (Å²) in [6.45, 7) is 2.23. The Bertz CT molecular complexity index is 480. The summed E-state index contributed by atoms with van der Waals surface area (Å²) in [6, 6.07) is 3.39. The van der Waals surface area contributed by atoms with Crippen LogP contribution in [-0.2, 0) is 16.3 Å². The number of nitrogens with two attached hydrogens (primary N) is 1. The van der Waals surface area contributed by atoms with E-state index in [1.165, 1.54) is 6.26 Å². The third-order valence-corrected chi connectivity index (χ3v) is 3.57. The van der Waals surface area contributed by atoms with E-state index in [1.54, 1.807) is 19.2 Å². The minimum absolute atomic E-state index is 0.344. The van der Waals surface area contributed by atoms with E-state index >= 15 is 0 Å². The predicted molar refractivity (Wildman–Crippen MR) is 63.6 cm³/mol. The van der Waals surface area contributed by atoms with Gasteiger partial charge in [-0.1, -0.05) is 0 Å². The van der Waals surface area contributed by atoms with Crippen LogP contribution in [0.3, 0.4) is 0 Å². The zero-order chi connectivity index (χ0) is 12.3. The Kier molecular flexibility index (Phi) is 3.93. The molecule has 0 spiro atoms. The second-order valence-electron chi connectivity index (χ2n) is 3.74. The summed E-state index contributed by atoms with van der Waals surface area (Å²) in [7, 11) is -1.65. The van der Waals surface area contributed by atoms with E-state index in [0.717, 1.165) is 5.56 Å². The van der Waals surface area contributed by atoms with E-state index in [0.29, 0.717) is 29.2 Å². The van der Waals surface area contributed by atoms with Crippen molar-refractivity contribution < 1.29 is 13.2 Å². The first-order valence-corrected chi connectivity index (χ1v) is 6.87. The molecule has 0 atom stereocenters. The number of aryl methyl sites for hydroxylation is 1. The molecule has 0 fully saturated rings. The Labute approximate surface area is 96.3 Å². The van der Waals surface area contributed by atoms with Crippen molar-refractivity contribution in [1.29, 1.82) is 0 Å². The number of ether oxygens (including phenoxy) is 1. The molecule has 0 amide bonds. The van der Waals surface area contributed by atoms with Crippen molar-refractivity contribution in [2.45, 2.75) is 18.2 Å². The lowest BCUT2D eigenvalue weighted by Gasteiger charge is -2.12. The summed E-state index contributed by atoms with van der Waals surface area (Å²) in [5.74, 6) is 0.691. The minimum atomic E-state index is -3.21.